The predicted molar refractivity (Wildman–Crippen MR) is 129 cm³/mol. The van der Waals surface area contributed by atoms with E-state index in [9.17, 15) is 9.59 Å². The number of rotatable bonds is 11. The number of anilines is 1. The average Bonchev–Trinajstić information content (AvgIpc) is 3.36. The van der Waals surface area contributed by atoms with Crippen molar-refractivity contribution in [3.8, 4) is 23.0 Å². The minimum absolute atomic E-state index is 0. The summed E-state index contributed by atoms with van der Waals surface area (Å²) in [6.45, 7) is 0.349. The number of nitrogens with one attached hydrogen (secondary N) is 1. The Morgan fingerprint density at radius 1 is 1.00 bits per heavy atom. The van der Waals surface area contributed by atoms with Gasteiger partial charge >= 0.3 is 0 Å². The second-order valence-electron chi connectivity index (χ2n) is 7.75. The maximum Gasteiger partial charge on any atom is 0.282 e. The monoisotopic (exact) mass is 519 g/mol. The molecule has 1 unspecified atom stereocenters. The Labute approximate surface area is 215 Å². The van der Waals surface area contributed by atoms with E-state index in [0.29, 0.717) is 40.9 Å². The summed E-state index contributed by atoms with van der Waals surface area (Å²) in [4.78, 5) is 23.7. The third-order valence-corrected chi connectivity index (χ3v) is 5.54. The van der Waals surface area contributed by atoms with Gasteiger partial charge in [0, 0.05) is 24.0 Å². The molecule has 0 bridgehead atoms. The van der Waals surface area contributed by atoms with E-state index in [1.54, 1.807) is 38.5 Å². The number of nitrogens with zero attached hydrogens (tertiary/aromatic N) is 2. The first kappa shape index (κ1) is 28.4. The first-order valence-electron chi connectivity index (χ1n) is 10.8. The summed E-state index contributed by atoms with van der Waals surface area (Å²) in [5.74, 6) is 1.12. The van der Waals surface area contributed by atoms with Crippen LogP contribution < -0.4 is 48.1 Å². The highest BCUT2D eigenvalue weighted by Crippen LogP contribution is 2.43. The molecule has 2 amide bonds. The number of primary amides is 1. The van der Waals surface area contributed by atoms with E-state index in [1.165, 1.54) is 14.2 Å². The third kappa shape index (κ3) is 6.23. The van der Waals surface area contributed by atoms with Gasteiger partial charge in [0.1, 0.15) is 5.75 Å². The van der Waals surface area contributed by atoms with Crippen molar-refractivity contribution >= 4 is 28.8 Å². The molecule has 0 saturated heterocycles. The lowest BCUT2D eigenvalue weighted by Gasteiger charge is -2.16. The van der Waals surface area contributed by atoms with Crippen LogP contribution in [-0.4, -0.2) is 52.8 Å². The molecule has 6 N–H and O–H groups in total. The molecule has 12 heteroatoms. The van der Waals surface area contributed by atoms with Gasteiger partial charge in [0.25, 0.3) is 5.91 Å². The Morgan fingerprint density at radius 2 is 1.64 bits per heavy atom. The van der Waals surface area contributed by atoms with Gasteiger partial charge in [-0.3, -0.25) is 9.59 Å². The predicted octanol–water partition coefficient (Wildman–Crippen LogP) is -1.13. The number of carbonyl (C=O) groups is 2. The molecule has 1 aliphatic heterocycles. The van der Waals surface area contributed by atoms with Gasteiger partial charge in [-0.2, -0.15) is 10.2 Å². The van der Waals surface area contributed by atoms with Crippen LogP contribution in [0.3, 0.4) is 0 Å². The van der Waals surface area contributed by atoms with E-state index in [0.717, 1.165) is 16.7 Å². The molecule has 36 heavy (non-hydrogen) atoms. The standard InChI is InChI=1S/C24H29N5O6.ClH/c1-32-18-7-5-13(9-17(18)28-24(31)16(25)6-8-21(26)30)15-12-27-29-22(15)14-10-19(33-2)23(35-4)20(11-14)34-3;/h5,7,9-11,16H,6,8,12,25H2,1-4H3,(H2,26,30)(H,28,31);1H. The Kier molecular flexibility index (Phi) is 10.1. The average molecular weight is 520 g/mol. The zero-order valence-electron chi connectivity index (χ0n) is 20.6. The first-order chi connectivity index (χ1) is 16.8. The highest BCUT2D eigenvalue weighted by molar-refractivity contribution is 5.98. The van der Waals surface area contributed by atoms with Gasteiger partial charge < -0.3 is 48.1 Å². The first-order valence-corrected chi connectivity index (χ1v) is 10.8. The van der Waals surface area contributed by atoms with Crippen molar-refractivity contribution in [2.45, 2.75) is 18.9 Å². The molecule has 0 radical (unpaired) electrons. The number of azo groups is 1. The SMILES string of the molecule is COc1ccc(C2=C(c3cc(OC)c(OC)c(OC)c3)N=NC2)cc1NC(=O)C([NH3+])CCC(N)=O.[Cl-]. The lowest BCUT2D eigenvalue weighted by Crippen LogP contribution is -3.00. The van der Waals surface area contributed by atoms with Gasteiger partial charge in [-0.05, 0) is 29.8 Å². The zero-order valence-corrected chi connectivity index (χ0v) is 21.3. The number of methoxy groups -OCH3 is 4. The molecule has 1 aliphatic rings. The Bertz CT molecular complexity index is 1160. The molecule has 0 fully saturated rings. The van der Waals surface area contributed by atoms with Gasteiger partial charge in [-0.1, -0.05) is 6.07 Å². The molecule has 1 atom stereocenters. The quantitative estimate of drug-likeness (QED) is 0.340. The highest BCUT2D eigenvalue weighted by Gasteiger charge is 2.23. The molecular weight excluding hydrogens is 490 g/mol. The maximum absolute atomic E-state index is 12.6. The molecule has 0 saturated carbocycles. The topological polar surface area (TPSA) is 161 Å². The summed E-state index contributed by atoms with van der Waals surface area (Å²) < 4.78 is 21.8. The van der Waals surface area contributed by atoms with Crippen LogP contribution in [0.4, 0.5) is 5.69 Å². The third-order valence-electron chi connectivity index (χ3n) is 5.54. The van der Waals surface area contributed by atoms with E-state index in [2.05, 4.69) is 21.3 Å². The van der Waals surface area contributed by atoms with Crippen molar-refractivity contribution in [1.29, 1.82) is 0 Å². The van der Waals surface area contributed by atoms with Gasteiger partial charge in [-0.25, -0.2) is 0 Å². The van der Waals surface area contributed by atoms with Gasteiger partial charge in [0.2, 0.25) is 11.7 Å². The number of ether oxygens (including phenoxy) is 4. The summed E-state index contributed by atoms with van der Waals surface area (Å²) in [5.41, 5.74) is 12.5. The number of amides is 2. The molecule has 0 aromatic heterocycles. The Balaban J connectivity index is 0.00000456. The molecule has 11 nitrogen and oxygen atoms in total. The summed E-state index contributed by atoms with van der Waals surface area (Å²) in [6, 6.07) is 8.37. The van der Waals surface area contributed by atoms with Crippen LogP contribution in [0.15, 0.2) is 40.6 Å². The summed E-state index contributed by atoms with van der Waals surface area (Å²) >= 11 is 0. The van der Waals surface area contributed by atoms with Crippen molar-refractivity contribution in [3.63, 3.8) is 0 Å². The van der Waals surface area contributed by atoms with Gasteiger partial charge in [0.15, 0.2) is 17.5 Å². The Hall–Kier alpha value is -3.83. The van der Waals surface area contributed by atoms with Crippen LogP contribution in [0.5, 0.6) is 23.0 Å². The molecular formula is C24H30ClN5O6. The van der Waals surface area contributed by atoms with Gasteiger partial charge in [-0.15, -0.1) is 0 Å². The molecule has 0 spiro atoms. The van der Waals surface area contributed by atoms with E-state index in [-0.39, 0.29) is 31.2 Å². The minimum atomic E-state index is -0.652. The second kappa shape index (κ2) is 12.8. The van der Waals surface area contributed by atoms with E-state index < -0.39 is 11.9 Å². The number of halogens is 1. The van der Waals surface area contributed by atoms with Crippen molar-refractivity contribution in [1.82, 2.24) is 0 Å². The largest absolute Gasteiger partial charge is 1.00 e. The molecule has 194 valence electrons. The molecule has 2 aromatic rings. The van der Waals surface area contributed by atoms with Crippen molar-refractivity contribution in [2.24, 2.45) is 16.0 Å². The Morgan fingerprint density at radius 3 is 2.19 bits per heavy atom. The zero-order chi connectivity index (χ0) is 25.5. The second-order valence-corrected chi connectivity index (χ2v) is 7.75. The van der Waals surface area contributed by atoms with Crippen molar-refractivity contribution < 1.29 is 46.7 Å². The number of benzene rings is 2. The summed E-state index contributed by atoms with van der Waals surface area (Å²) in [7, 11) is 6.15. The lowest BCUT2D eigenvalue weighted by atomic mass is 9.99. The minimum Gasteiger partial charge on any atom is -1.00 e. The van der Waals surface area contributed by atoms with Crippen molar-refractivity contribution in [2.75, 3.05) is 40.3 Å². The molecule has 1 heterocycles. The summed E-state index contributed by atoms with van der Waals surface area (Å²) in [6.07, 6.45) is 0.324. The van der Waals surface area contributed by atoms with E-state index in [1.807, 2.05) is 6.07 Å². The van der Waals surface area contributed by atoms with Crippen molar-refractivity contribution in [3.05, 3.63) is 41.5 Å². The van der Waals surface area contributed by atoms with Crippen LogP contribution in [0, 0.1) is 0 Å². The summed E-state index contributed by atoms with van der Waals surface area (Å²) in [5, 5.41) is 11.4. The fraction of sp³-hybridized carbons (Fsp3) is 0.333. The van der Waals surface area contributed by atoms with E-state index >= 15 is 0 Å². The molecule has 2 aromatic carbocycles. The number of hydrogen-bond donors (Lipinski definition) is 3. The smallest absolute Gasteiger partial charge is 0.282 e. The lowest BCUT2D eigenvalue weighted by molar-refractivity contribution is -0.403. The molecule has 0 aliphatic carbocycles. The van der Waals surface area contributed by atoms with Crippen LogP contribution in [0.25, 0.3) is 11.3 Å². The number of nitrogens with two attached hydrogens (primary N) is 1. The fourth-order valence-corrected chi connectivity index (χ4v) is 3.67. The van der Waals surface area contributed by atoms with Crippen LogP contribution in [0.1, 0.15) is 24.0 Å². The van der Waals surface area contributed by atoms with Crippen LogP contribution >= 0.6 is 0 Å². The molecule has 3 rings (SSSR count). The van der Waals surface area contributed by atoms with E-state index in [4.69, 9.17) is 24.7 Å². The van der Waals surface area contributed by atoms with Crippen LogP contribution in [-0.2, 0) is 9.59 Å². The number of quaternary nitrogens is 1. The highest BCUT2D eigenvalue weighted by atomic mass is 35.5. The maximum atomic E-state index is 12.6. The normalized spacial score (nSPS) is 13.0. The number of carbonyl (C=O) groups excluding carboxylic acids is 2. The fourth-order valence-electron chi connectivity index (χ4n) is 3.67. The van der Waals surface area contributed by atoms with Crippen LogP contribution in [0.2, 0.25) is 0 Å². The van der Waals surface area contributed by atoms with Gasteiger partial charge in [0.05, 0.1) is 46.4 Å². The number of hydrogen-bond acceptors (Lipinski definition) is 8.